The Hall–Kier alpha value is -0.280. The summed E-state index contributed by atoms with van der Waals surface area (Å²) >= 11 is 0. The molecule has 2 aliphatic rings. The largest absolute Gasteiger partial charge is 0.354 e. The lowest BCUT2D eigenvalue weighted by atomic mass is 9.85. The van der Waals surface area contributed by atoms with Crippen LogP contribution in [-0.4, -0.2) is 24.5 Å². The van der Waals surface area contributed by atoms with Crippen molar-refractivity contribution in [2.24, 2.45) is 17.8 Å². The fourth-order valence-corrected chi connectivity index (χ4v) is 3.14. The smallest absolute Gasteiger partial charge is 0.237 e. The van der Waals surface area contributed by atoms with E-state index in [0.717, 1.165) is 18.9 Å². The molecule has 0 bridgehead atoms. The van der Waals surface area contributed by atoms with Crippen molar-refractivity contribution >= 4 is 18.3 Å². The molecule has 0 aromatic carbocycles. The molecule has 2 rings (SSSR count). The van der Waals surface area contributed by atoms with E-state index in [1.54, 1.807) is 0 Å². The zero-order chi connectivity index (χ0) is 13.1. The van der Waals surface area contributed by atoms with Gasteiger partial charge in [0, 0.05) is 12.6 Å². The molecule has 0 spiro atoms. The van der Waals surface area contributed by atoms with Crippen molar-refractivity contribution in [2.45, 2.75) is 65.0 Å². The maximum Gasteiger partial charge on any atom is 0.237 e. The van der Waals surface area contributed by atoms with E-state index < -0.39 is 0 Å². The number of hydrogen-bond donors (Lipinski definition) is 2. The van der Waals surface area contributed by atoms with Crippen LogP contribution >= 0.6 is 12.4 Å². The van der Waals surface area contributed by atoms with Crippen molar-refractivity contribution in [3.8, 4) is 0 Å². The van der Waals surface area contributed by atoms with Crippen molar-refractivity contribution in [2.75, 3.05) is 6.54 Å². The van der Waals surface area contributed by atoms with Gasteiger partial charge >= 0.3 is 0 Å². The van der Waals surface area contributed by atoms with Gasteiger partial charge < -0.3 is 10.6 Å². The van der Waals surface area contributed by atoms with Gasteiger partial charge in [-0.25, -0.2) is 0 Å². The predicted octanol–water partition coefficient (Wildman–Crippen LogP) is 2.74. The zero-order valence-corrected chi connectivity index (χ0v) is 13.3. The zero-order valence-electron chi connectivity index (χ0n) is 12.4. The molecular weight excluding hydrogens is 260 g/mol. The molecule has 3 nitrogen and oxygen atoms in total. The summed E-state index contributed by atoms with van der Waals surface area (Å²) in [5, 5.41) is 6.65. The second kappa shape index (κ2) is 7.49. The molecule has 0 aromatic heterocycles. The van der Waals surface area contributed by atoms with Gasteiger partial charge in [0.2, 0.25) is 5.91 Å². The van der Waals surface area contributed by atoms with Crippen LogP contribution in [0.15, 0.2) is 0 Å². The summed E-state index contributed by atoms with van der Waals surface area (Å²) in [5.41, 5.74) is 0. The van der Waals surface area contributed by atoms with Crippen molar-refractivity contribution in [3.63, 3.8) is 0 Å². The monoisotopic (exact) mass is 288 g/mol. The van der Waals surface area contributed by atoms with Gasteiger partial charge in [-0.05, 0) is 37.0 Å². The molecule has 1 amide bonds. The Morgan fingerprint density at radius 1 is 1.26 bits per heavy atom. The van der Waals surface area contributed by atoms with Gasteiger partial charge in [0.05, 0.1) is 6.04 Å². The van der Waals surface area contributed by atoms with Crippen LogP contribution in [0.5, 0.6) is 0 Å². The third kappa shape index (κ3) is 4.35. The SMILES string of the molecule is CC(C)C(C)CNC(=O)C1CC2CCCCC2N1.Cl. The molecule has 1 saturated heterocycles. The molecule has 112 valence electrons. The summed E-state index contributed by atoms with van der Waals surface area (Å²) in [5.74, 6) is 2.15. The van der Waals surface area contributed by atoms with Gasteiger partial charge in [-0.15, -0.1) is 12.4 Å². The summed E-state index contributed by atoms with van der Waals surface area (Å²) in [6, 6.07) is 0.675. The number of amides is 1. The Morgan fingerprint density at radius 3 is 2.58 bits per heavy atom. The second-order valence-corrected chi connectivity index (χ2v) is 6.57. The van der Waals surface area contributed by atoms with Crippen LogP contribution in [0, 0.1) is 17.8 Å². The molecule has 4 unspecified atom stereocenters. The summed E-state index contributed by atoms with van der Waals surface area (Å²) in [6.07, 6.45) is 6.29. The minimum absolute atomic E-state index is 0. The Bertz CT molecular complexity index is 282. The van der Waals surface area contributed by atoms with Crippen LogP contribution in [0.3, 0.4) is 0 Å². The van der Waals surface area contributed by atoms with Crippen molar-refractivity contribution in [1.82, 2.24) is 10.6 Å². The van der Waals surface area contributed by atoms with E-state index in [1.165, 1.54) is 25.7 Å². The number of carbonyl (C=O) groups is 1. The Kier molecular flexibility index (Phi) is 6.61. The maximum atomic E-state index is 12.1. The standard InChI is InChI=1S/C15H28N2O.ClH/c1-10(2)11(3)9-16-15(18)14-8-12-6-4-5-7-13(12)17-14;/h10-14,17H,4-9H2,1-3H3,(H,16,18);1H. The highest BCUT2D eigenvalue weighted by Gasteiger charge is 2.38. The van der Waals surface area contributed by atoms with Crippen molar-refractivity contribution in [1.29, 1.82) is 0 Å². The fourth-order valence-electron chi connectivity index (χ4n) is 3.14. The van der Waals surface area contributed by atoms with Gasteiger partial charge in [0.15, 0.2) is 0 Å². The highest BCUT2D eigenvalue weighted by atomic mass is 35.5. The second-order valence-electron chi connectivity index (χ2n) is 6.57. The van der Waals surface area contributed by atoms with Gasteiger partial charge in [-0.2, -0.15) is 0 Å². The average Bonchev–Trinajstić information content (AvgIpc) is 2.79. The van der Waals surface area contributed by atoms with E-state index in [4.69, 9.17) is 0 Å². The molecule has 4 heteroatoms. The molecule has 0 radical (unpaired) electrons. The molecule has 1 aliphatic heterocycles. The number of rotatable bonds is 4. The van der Waals surface area contributed by atoms with E-state index in [0.29, 0.717) is 17.9 Å². The van der Waals surface area contributed by atoms with Crippen LogP contribution in [0.1, 0.15) is 52.9 Å². The average molecular weight is 289 g/mol. The number of nitrogens with one attached hydrogen (secondary N) is 2. The highest BCUT2D eigenvalue weighted by Crippen LogP contribution is 2.33. The lowest BCUT2D eigenvalue weighted by Crippen LogP contribution is -2.44. The maximum absolute atomic E-state index is 12.1. The summed E-state index contributed by atoms with van der Waals surface area (Å²) in [6.45, 7) is 7.43. The van der Waals surface area contributed by atoms with E-state index in [2.05, 4.69) is 31.4 Å². The lowest BCUT2D eigenvalue weighted by molar-refractivity contribution is -0.123. The molecule has 2 fully saturated rings. The quantitative estimate of drug-likeness (QED) is 0.835. The van der Waals surface area contributed by atoms with Crippen molar-refractivity contribution in [3.05, 3.63) is 0 Å². The molecule has 1 saturated carbocycles. The van der Waals surface area contributed by atoms with Gasteiger partial charge in [0.25, 0.3) is 0 Å². The molecule has 1 heterocycles. The Balaban J connectivity index is 0.00000180. The summed E-state index contributed by atoms with van der Waals surface area (Å²) in [4.78, 5) is 12.1. The molecule has 4 atom stereocenters. The van der Waals surface area contributed by atoms with E-state index in [9.17, 15) is 4.79 Å². The van der Waals surface area contributed by atoms with Gasteiger partial charge in [-0.1, -0.05) is 33.6 Å². The number of halogens is 1. The Labute approximate surface area is 123 Å². The van der Waals surface area contributed by atoms with E-state index in [-0.39, 0.29) is 24.4 Å². The number of hydrogen-bond acceptors (Lipinski definition) is 2. The van der Waals surface area contributed by atoms with Gasteiger partial charge in [0.1, 0.15) is 0 Å². The van der Waals surface area contributed by atoms with Crippen LogP contribution < -0.4 is 10.6 Å². The molecule has 2 N–H and O–H groups in total. The summed E-state index contributed by atoms with van der Waals surface area (Å²) in [7, 11) is 0. The topological polar surface area (TPSA) is 41.1 Å². The lowest BCUT2D eigenvalue weighted by Gasteiger charge is -2.24. The first-order valence-electron chi connectivity index (χ1n) is 7.61. The normalized spacial score (nSPS) is 31.5. The first kappa shape index (κ1) is 16.8. The minimum Gasteiger partial charge on any atom is -0.354 e. The van der Waals surface area contributed by atoms with Crippen LogP contribution in [0.4, 0.5) is 0 Å². The predicted molar refractivity (Wildman–Crippen MR) is 81.5 cm³/mol. The number of fused-ring (bicyclic) bond motifs is 1. The van der Waals surface area contributed by atoms with Gasteiger partial charge in [-0.3, -0.25) is 4.79 Å². The first-order valence-corrected chi connectivity index (χ1v) is 7.61. The number of carbonyl (C=O) groups excluding carboxylic acids is 1. The van der Waals surface area contributed by atoms with E-state index >= 15 is 0 Å². The fraction of sp³-hybridized carbons (Fsp3) is 0.933. The first-order chi connectivity index (χ1) is 8.58. The minimum atomic E-state index is 0. The molecular formula is C15H29ClN2O. The van der Waals surface area contributed by atoms with Crippen LogP contribution in [0.25, 0.3) is 0 Å². The van der Waals surface area contributed by atoms with Crippen molar-refractivity contribution < 1.29 is 4.79 Å². The molecule has 0 aromatic rings. The molecule has 1 aliphatic carbocycles. The third-order valence-electron chi connectivity index (χ3n) is 4.92. The highest BCUT2D eigenvalue weighted by molar-refractivity contribution is 5.85. The van der Waals surface area contributed by atoms with Crippen LogP contribution in [-0.2, 0) is 4.79 Å². The Morgan fingerprint density at radius 2 is 1.95 bits per heavy atom. The summed E-state index contributed by atoms with van der Waals surface area (Å²) < 4.78 is 0. The molecule has 19 heavy (non-hydrogen) atoms. The van der Waals surface area contributed by atoms with E-state index in [1.807, 2.05) is 0 Å². The third-order valence-corrected chi connectivity index (χ3v) is 4.92. The van der Waals surface area contributed by atoms with Crippen LogP contribution in [0.2, 0.25) is 0 Å².